The zero-order valence-electron chi connectivity index (χ0n) is 16.4. The minimum Gasteiger partial charge on any atom is -0.455 e. The quantitative estimate of drug-likeness (QED) is 0.756. The Morgan fingerprint density at radius 3 is 1.58 bits per heavy atom. The van der Waals surface area contributed by atoms with E-state index in [0.717, 1.165) is 16.7 Å². The molecule has 4 nitrogen and oxygen atoms in total. The molecule has 0 heterocycles. The van der Waals surface area contributed by atoms with Crippen molar-refractivity contribution in [2.45, 2.75) is 78.9 Å². The van der Waals surface area contributed by atoms with E-state index in [0.29, 0.717) is 0 Å². The van der Waals surface area contributed by atoms with Crippen molar-refractivity contribution in [3.05, 3.63) is 34.9 Å². The monoisotopic (exact) mass is 334 g/mol. The molecule has 134 valence electrons. The van der Waals surface area contributed by atoms with Crippen LogP contribution in [0.1, 0.15) is 79.0 Å². The van der Waals surface area contributed by atoms with Crippen LogP contribution in [-0.4, -0.2) is 11.9 Å². The predicted octanol–water partition coefficient (Wildman–Crippen LogP) is 4.58. The van der Waals surface area contributed by atoms with Crippen LogP contribution < -0.4 is 0 Å². The highest BCUT2D eigenvalue weighted by atomic mass is 16.6. The van der Waals surface area contributed by atoms with E-state index in [9.17, 15) is 9.59 Å². The molecule has 0 saturated carbocycles. The Balaban J connectivity index is 3.73. The lowest BCUT2D eigenvalue weighted by atomic mass is 9.74. The van der Waals surface area contributed by atoms with Gasteiger partial charge in [0.2, 0.25) is 0 Å². The average molecular weight is 334 g/mol. The highest BCUT2D eigenvalue weighted by Crippen LogP contribution is 2.41. The fraction of sp³-hybridized carbons (Fsp3) is 0.600. The van der Waals surface area contributed by atoms with E-state index in [-0.39, 0.29) is 17.4 Å². The second-order valence-electron chi connectivity index (χ2n) is 8.19. The molecule has 0 aromatic heterocycles. The fourth-order valence-electron chi connectivity index (χ4n) is 3.15. The normalized spacial score (nSPS) is 12.7. The largest absolute Gasteiger partial charge is 0.455 e. The SMILES string of the molecule is CC(=O)OC(C)(C)c1cccc(C(C)(C)C)c1C(C)(C)OC(C)=O. The van der Waals surface area contributed by atoms with Gasteiger partial charge in [0.1, 0.15) is 11.2 Å². The molecule has 0 amide bonds. The second-order valence-corrected chi connectivity index (χ2v) is 8.19. The topological polar surface area (TPSA) is 52.6 Å². The van der Waals surface area contributed by atoms with Crippen LogP contribution in [-0.2, 0) is 35.7 Å². The molecule has 0 N–H and O–H groups in total. The van der Waals surface area contributed by atoms with Crippen molar-refractivity contribution in [1.29, 1.82) is 0 Å². The first-order valence-electron chi connectivity index (χ1n) is 8.22. The smallest absolute Gasteiger partial charge is 0.303 e. The zero-order chi connectivity index (χ0) is 18.9. The number of hydrogen-bond acceptors (Lipinski definition) is 4. The van der Waals surface area contributed by atoms with Crippen molar-refractivity contribution in [1.82, 2.24) is 0 Å². The molecule has 0 aliphatic carbocycles. The maximum atomic E-state index is 11.6. The molecule has 0 fully saturated rings. The van der Waals surface area contributed by atoms with Crippen LogP contribution in [0.15, 0.2) is 18.2 Å². The summed E-state index contributed by atoms with van der Waals surface area (Å²) in [7, 11) is 0. The van der Waals surface area contributed by atoms with Crippen LogP contribution in [0.5, 0.6) is 0 Å². The first-order valence-corrected chi connectivity index (χ1v) is 8.22. The second kappa shape index (κ2) is 6.58. The van der Waals surface area contributed by atoms with Crippen LogP contribution in [0.25, 0.3) is 0 Å². The highest BCUT2D eigenvalue weighted by Gasteiger charge is 2.38. The third-order valence-electron chi connectivity index (χ3n) is 3.92. The van der Waals surface area contributed by atoms with Gasteiger partial charge < -0.3 is 9.47 Å². The number of hydrogen-bond donors (Lipinski definition) is 0. The lowest BCUT2D eigenvalue weighted by Gasteiger charge is -2.38. The van der Waals surface area contributed by atoms with Crippen molar-refractivity contribution in [3.63, 3.8) is 0 Å². The Kier molecular flexibility index (Phi) is 5.54. The van der Waals surface area contributed by atoms with E-state index in [1.807, 2.05) is 45.9 Å². The van der Waals surface area contributed by atoms with Crippen LogP contribution in [0, 0.1) is 0 Å². The molecule has 1 aromatic rings. The van der Waals surface area contributed by atoms with Gasteiger partial charge in [-0.3, -0.25) is 9.59 Å². The summed E-state index contributed by atoms with van der Waals surface area (Å²) >= 11 is 0. The number of carbonyl (C=O) groups is 2. The minimum absolute atomic E-state index is 0.158. The van der Waals surface area contributed by atoms with Crippen LogP contribution >= 0.6 is 0 Å². The predicted molar refractivity (Wildman–Crippen MR) is 94.7 cm³/mol. The lowest BCUT2D eigenvalue weighted by Crippen LogP contribution is -2.35. The molecule has 0 bridgehead atoms. The molecule has 0 aliphatic rings. The van der Waals surface area contributed by atoms with E-state index < -0.39 is 11.2 Å². The lowest BCUT2D eigenvalue weighted by molar-refractivity contribution is -0.158. The van der Waals surface area contributed by atoms with Gasteiger partial charge in [0.05, 0.1) is 0 Å². The maximum Gasteiger partial charge on any atom is 0.303 e. The van der Waals surface area contributed by atoms with Crippen molar-refractivity contribution in [3.8, 4) is 0 Å². The van der Waals surface area contributed by atoms with Gasteiger partial charge in [-0.15, -0.1) is 0 Å². The van der Waals surface area contributed by atoms with E-state index in [1.54, 1.807) is 0 Å². The summed E-state index contributed by atoms with van der Waals surface area (Å²) in [5.74, 6) is -0.697. The maximum absolute atomic E-state index is 11.6. The van der Waals surface area contributed by atoms with Gasteiger partial charge in [-0.25, -0.2) is 0 Å². The van der Waals surface area contributed by atoms with Gasteiger partial charge in [0.25, 0.3) is 0 Å². The Hall–Kier alpha value is -1.84. The van der Waals surface area contributed by atoms with Crippen LogP contribution in [0.4, 0.5) is 0 Å². The molecule has 4 heteroatoms. The van der Waals surface area contributed by atoms with Gasteiger partial charge in [-0.2, -0.15) is 0 Å². The highest BCUT2D eigenvalue weighted by molar-refractivity contribution is 5.68. The Morgan fingerprint density at radius 1 is 0.750 bits per heavy atom. The molecule has 0 atom stereocenters. The molecule has 0 radical (unpaired) electrons. The first kappa shape index (κ1) is 20.2. The Bertz CT molecular complexity index is 634. The summed E-state index contributed by atoms with van der Waals surface area (Å²) in [6, 6.07) is 5.92. The summed E-state index contributed by atoms with van der Waals surface area (Å²) in [5.41, 5.74) is 0.957. The van der Waals surface area contributed by atoms with E-state index >= 15 is 0 Å². The molecular formula is C20H30O4. The van der Waals surface area contributed by atoms with Crippen molar-refractivity contribution in [2.24, 2.45) is 0 Å². The molecule has 0 aliphatic heterocycles. The van der Waals surface area contributed by atoms with E-state index in [4.69, 9.17) is 9.47 Å². The third-order valence-corrected chi connectivity index (χ3v) is 3.92. The summed E-state index contributed by atoms with van der Waals surface area (Å²) in [6.07, 6.45) is 0. The molecule has 24 heavy (non-hydrogen) atoms. The first-order chi connectivity index (χ1) is 10.7. The zero-order valence-corrected chi connectivity index (χ0v) is 16.4. The van der Waals surface area contributed by atoms with Crippen LogP contribution in [0.3, 0.4) is 0 Å². The fourth-order valence-corrected chi connectivity index (χ4v) is 3.15. The van der Waals surface area contributed by atoms with Gasteiger partial charge >= 0.3 is 11.9 Å². The van der Waals surface area contributed by atoms with E-state index in [1.165, 1.54) is 13.8 Å². The molecule has 0 saturated heterocycles. The number of rotatable bonds is 4. The van der Waals surface area contributed by atoms with Crippen molar-refractivity contribution < 1.29 is 19.1 Å². The molecule has 0 spiro atoms. The average Bonchev–Trinajstić information content (AvgIpc) is 2.33. The van der Waals surface area contributed by atoms with Gasteiger partial charge in [-0.05, 0) is 38.7 Å². The minimum atomic E-state index is -0.845. The number of esters is 2. The van der Waals surface area contributed by atoms with Crippen molar-refractivity contribution in [2.75, 3.05) is 0 Å². The Labute approximate surface area is 145 Å². The summed E-state index contributed by atoms with van der Waals surface area (Å²) in [4.78, 5) is 23.2. The molecular weight excluding hydrogens is 304 g/mol. The summed E-state index contributed by atoms with van der Waals surface area (Å²) < 4.78 is 11.2. The molecule has 0 unspecified atom stereocenters. The standard InChI is InChI=1S/C20H30O4/c1-13(21)23-19(6,7)16-12-10-11-15(18(3,4)5)17(16)20(8,9)24-14(2)22/h10-12H,1-9H3. The third kappa shape index (κ3) is 4.59. The number of carbonyl (C=O) groups excluding carboxylic acids is 2. The number of ether oxygens (including phenoxy) is 2. The summed E-state index contributed by atoms with van der Waals surface area (Å²) in [5, 5.41) is 0. The van der Waals surface area contributed by atoms with Gasteiger partial charge in [0.15, 0.2) is 0 Å². The van der Waals surface area contributed by atoms with Gasteiger partial charge in [0, 0.05) is 25.0 Å². The molecule has 1 aromatic carbocycles. The van der Waals surface area contributed by atoms with Crippen molar-refractivity contribution >= 4 is 11.9 Å². The summed E-state index contributed by atoms with van der Waals surface area (Å²) in [6.45, 7) is 16.6. The van der Waals surface area contributed by atoms with E-state index in [2.05, 4.69) is 20.8 Å². The molecule has 1 rings (SSSR count). The number of benzene rings is 1. The Morgan fingerprint density at radius 2 is 1.17 bits per heavy atom. The van der Waals surface area contributed by atoms with Gasteiger partial charge in [-0.1, -0.05) is 39.0 Å². The van der Waals surface area contributed by atoms with Crippen LogP contribution in [0.2, 0.25) is 0 Å².